The van der Waals surface area contributed by atoms with Crippen molar-refractivity contribution in [2.75, 3.05) is 46.4 Å². The van der Waals surface area contributed by atoms with Crippen LogP contribution in [0.15, 0.2) is 29.4 Å². The molecule has 1 saturated heterocycles. The predicted molar refractivity (Wildman–Crippen MR) is 78.9 cm³/mol. The van der Waals surface area contributed by atoms with Crippen LogP contribution >= 0.6 is 11.6 Å². The molecule has 19 heavy (non-hydrogen) atoms. The molecule has 1 heterocycles. The predicted octanol–water partition coefficient (Wildman–Crippen LogP) is 1.94. The Balaban J connectivity index is 1.62. The summed E-state index contributed by atoms with van der Waals surface area (Å²) >= 11 is 5.81. The van der Waals surface area contributed by atoms with E-state index < -0.39 is 0 Å². The Hall–Kier alpha value is -1.10. The Kier molecular flexibility index (Phi) is 5.63. The number of nitrogens with zero attached hydrogens (tertiary/aromatic N) is 3. The second-order valence-corrected chi connectivity index (χ2v) is 5.20. The van der Waals surface area contributed by atoms with Crippen molar-refractivity contribution in [3.8, 4) is 0 Å². The molecule has 1 fully saturated rings. The molecule has 0 unspecified atom stereocenters. The molecule has 0 aliphatic carbocycles. The average molecular weight is 282 g/mol. The van der Waals surface area contributed by atoms with Gasteiger partial charge in [-0.15, -0.1) is 0 Å². The Morgan fingerprint density at radius 2 is 1.89 bits per heavy atom. The Morgan fingerprint density at radius 1 is 1.21 bits per heavy atom. The van der Waals surface area contributed by atoms with Crippen LogP contribution in [0.5, 0.6) is 0 Å². The van der Waals surface area contributed by atoms with Gasteiger partial charge in [0.1, 0.15) is 6.61 Å². The second kappa shape index (κ2) is 7.48. The molecule has 2 rings (SSSR count). The third kappa shape index (κ3) is 5.19. The topological polar surface area (TPSA) is 28.1 Å². The maximum Gasteiger partial charge on any atom is 0.129 e. The van der Waals surface area contributed by atoms with Crippen molar-refractivity contribution in [1.82, 2.24) is 9.80 Å². The third-order valence-electron chi connectivity index (χ3n) is 3.24. The number of oxime groups is 1. The molecule has 1 aromatic rings. The molecule has 0 bridgehead atoms. The van der Waals surface area contributed by atoms with Crippen molar-refractivity contribution in [3.05, 3.63) is 34.9 Å². The van der Waals surface area contributed by atoms with E-state index in [0.717, 1.165) is 43.3 Å². The highest BCUT2D eigenvalue weighted by Gasteiger charge is 2.12. The molecule has 0 radical (unpaired) electrons. The van der Waals surface area contributed by atoms with Gasteiger partial charge in [0.05, 0.1) is 6.21 Å². The van der Waals surface area contributed by atoms with Crippen LogP contribution in [-0.2, 0) is 4.84 Å². The number of hydrogen-bond acceptors (Lipinski definition) is 4. The van der Waals surface area contributed by atoms with Crippen LogP contribution in [0.1, 0.15) is 5.56 Å². The van der Waals surface area contributed by atoms with Crippen molar-refractivity contribution in [2.24, 2.45) is 5.16 Å². The molecule has 1 aliphatic rings. The van der Waals surface area contributed by atoms with E-state index in [-0.39, 0.29) is 0 Å². The minimum atomic E-state index is 0.633. The van der Waals surface area contributed by atoms with Crippen LogP contribution in [-0.4, -0.2) is 62.4 Å². The van der Waals surface area contributed by atoms with Gasteiger partial charge in [-0.3, -0.25) is 4.90 Å². The van der Waals surface area contributed by atoms with Crippen molar-refractivity contribution >= 4 is 17.8 Å². The number of halogens is 1. The summed E-state index contributed by atoms with van der Waals surface area (Å²) in [6.45, 7) is 6.06. The van der Waals surface area contributed by atoms with Crippen molar-refractivity contribution < 1.29 is 4.84 Å². The number of benzene rings is 1. The molecule has 104 valence electrons. The van der Waals surface area contributed by atoms with Gasteiger partial charge in [0.15, 0.2) is 0 Å². The summed E-state index contributed by atoms with van der Waals surface area (Å²) in [6.07, 6.45) is 1.71. The quantitative estimate of drug-likeness (QED) is 0.469. The molecular formula is C14H20ClN3O. The van der Waals surface area contributed by atoms with E-state index in [1.165, 1.54) is 0 Å². The first-order valence-corrected chi connectivity index (χ1v) is 6.93. The molecule has 0 saturated carbocycles. The zero-order chi connectivity index (χ0) is 13.5. The molecule has 0 aromatic heterocycles. The summed E-state index contributed by atoms with van der Waals surface area (Å²) in [4.78, 5) is 10.0. The van der Waals surface area contributed by atoms with Crippen LogP contribution < -0.4 is 0 Å². The zero-order valence-corrected chi connectivity index (χ0v) is 12.0. The molecule has 0 N–H and O–H groups in total. The lowest BCUT2D eigenvalue weighted by Crippen LogP contribution is -2.45. The second-order valence-electron chi connectivity index (χ2n) is 4.76. The summed E-state index contributed by atoms with van der Waals surface area (Å²) in [7, 11) is 2.16. The largest absolute Gasteiger partial charge is 0.394 e. The van der Waals surface area contributed by atoms with E-state index in [1.807, 2.05) is 24.3 Å². The highest BCUT2D eigenvalue weighted by molar-refractivity contribution is 6.30. The minimum Gasteiger partial charge on any atom is -0.394 e. The van der Waals surface area contributed by atoms with Crippen LogP contribution in [0.25, 0.3) is 0 Å². The van der Waals surface area contributed by atoms with Crippen molar-refractivity contribution in [3.63, 3.8) is 0 Å². The lowest BCUT2D eigenvalue weighted by Gasteiger charge is -2.31. The lowest BCUT2D eigenvalue weighted by molar-refractivity contribution is 0.0868. The fraction of sp³-hybridized carbons (Fsp3) is 0.500. The average Bonchev–Trinajstić information content (AvgIpc) is 2.43. The van der Waals surface area contributed by atoms with Gasteiger partial charge in [-0.1, -0.05) is 28.9 Å². The number of hydrogen-bond donors (Lipinski definition) is 0. The van der Waals surface area contributed by atoms with Gasteiger partial charge >= 0.3 is 0 Å². The monoisotopic (exact) mass is 281 g/mol. The third-order valence-corrected chi connectivity index (χ3v) is 3.49. The molecule has 0 amide bonds. The first-order chi connectivity index (χ1) is 9.24. The fourth-order valence-electron chi connectivity index (χ4n) is 1.94. The van der Waals surface area contributed by atoms with E-state index in [9.17, 15) is 0 Å². The lowest BCUT2D eigenvalue weighted by atomic mass is 10.2. The van der Waals surface area contributed by atoms with Crippen LogP contribution in [0.3, 0.4) is 0 Å². The van der Waals surface area contributed by atoms with E-state index in [0.29, 0.717) is 6.61 Å². The Bertz CT molecular complexity index is 400. The highest BCUT2D eigenvalue weighted by atomic mass is 35.5. The summed E-state index contributed by atoms with van der Waals surface area (Å²) < 4.78 is 0. The highest BCUT2D eigenvalue weighted by Crippen LogP contribution is 2.07. The molecule has 1 aromatic carbocycles. The van der Waals surface area contributed by atoms with E-state index in [4.69, 9.17) is 16.4 Å². The van der Waals surface area contributed by atoms with Gasteiger partial charge < -0.3 is 9.74 Å². The molecule has 5 heteroatoms. The SMILES string of the molecule is CN1CCN(CCON=Cc2ccc(Cl)cc2)CC1. The van der Waals surface area contributed by atoms with Crippen LogP contribution in [0.4, 0.5) is 0 Å². The number of rotatable bonds is 5. The smallest absolute Gasteiger partial charge is 0.129 e. The maximum absolute atomic E-state index is 5.81. The van der Waals surface area contributed by atoms with Gasteiger partial charge in [-0.05, 0) is 24.7 Å². The molecule has 0 spiro atoms. The van der Waals surface area contributed by atoms with Gasteiger partial charge in [0.25, 0.3) is 0 Å². The summed E-state index contributed by atoms with van der Waals surface area (Å²) in [6, 6.07) is 7.51. The van der Waals surface area contributed by atoms with Crippen LogP contribution in [0.2, 0.25) is 5.02 Å². The van der Waals surface area contributed by atoms with Crippen molar-refractivity contribution in [2.45, 2.75) is 0 Å². The standard InChI is InChI=1S/C14H20ClN3O/c1-17-6-8-18(9-7-17)10-11-19-16-12-13-2-4-14(15)5-3-13/h2-5,12H,6-11H2,1H3. The van der Waals surface area contributed by atoms with E-state index in [2.05, 4.69) is 22.0 Å². The molecule has 4 nitrogen and oxygen atoms in total. The molecule has 1 aliphatic heterocycles. The first-order valence-electron chi connectivity index (χ1n) is 6.56. The van der Waals surface area contributed by atoms with Gasteiger partial charge in [-0.25, -0.2) is 0 Å². The molecular weight excluding hydrogens is 262 g/mol. The van der Waals surface area contributed by atoms with E-state index in [1.54, 1.807) is 6.21 Å². The minimum absolute atomic E-state index is 0.633. The summed E-state index contributed by atoms with van der Waals surface area (Å²) in [5.74, 6) is 0. The van der Waals surface area contributed by atoms with Gasteiger partial charge in [-0.2, -0.15) is 0 Å². The normalized spacial score (nSPS) is 18.0. The van der Waals surface area contributed by atoms with Crippen molar-refractivity contribution in [1.29, 1.82) is 0 Å². The number of likely N-dealkylation sites (N-methyl/N-ethyl adjacent to an activating group) is 1. The Morgan fingerprint density at radius 3 is 2.58 bits per heavy atom. The van der Waals surface area contributed by atoms with Gasteiger partial charge in [0, 0.05) is 37.7 Å². The van der Waals surface area contributed by atoms with Gasteiger partial charge in [0.2, 0.25) is 0 Å². The van der Waals surface area contributed by atoms with E-state index >= 15 is 0 Å². The first kappa shape index (κ1) is 14.3. The van der Waals surface area contributed by atoms with Crippen LogP contribution in [0, 0.1) is 0 Å². The summed E-state index contributed by atoms with van der Waals surface area (Å²) in [5, 5.41) is 4.70. The molecule has 0 atom stereocenters. The maximum atomic E-state index is 5.81. The number of piperazine rings is 1. The zero-order valence-electron chi connectivity index (χ0n) is 11.3. The summed E-state index contributed by atoms with van der Waals surface area (Å²) in [5.41, 5.74) is 0.990. The Labute approximate surface area is 119 Å². The fourth-order valence-corrected chi connectivity index (χ4v) is 2.07.